The molecule has 0 aliphatic rings. The van der Waals surface area contributed by atoms with Crippen molar-refractivity contribution in [1.29, 1.82) is 0 Å². The molecule has 0 radical (unpaired) electrons. The van der Waals surface area contributed by atoms with Gasteiger partial charge in [0.25, 0.3) is 4.84 Å². The Morgan fingerprint density at radius 3 is 2.74 bits per heavy atom. The SMILES string of the molecule is Cc1c(NC(=O)C=Cc2ccccc2)cc(C)c2oc(=S)[nH]c12. The van der Waals surface area contributed by atoms with Crippen molar-refractivity contribution >= 4 is 41.0 Å². The minimum atomic E-state index is -0.183. The van der Waals surface area contributed by atoms with Crippen LogP contribution in [-0.4, -0.2) is 10.9 Å². The number of H-pyrrole nitrogens is 1. The van der Waals surface area contributed by atoms with Gasteiger partial charge in [-0.25, -0.2) is 0 Å². The fourth-order valence-corrected chi connectivity index (χ4v) is 2.62. The highest BCUT2D eigenvalue weighted by Gasteiger charge is 2.12. The normalized spacial score (nSPS) is 11.2. The molecule has 0 fully saturated rings. The van der Waals surface area contributed by atoms with Gasteiger partial charge in [0, 0.05) is 17.3 Å². The standard InChI is InChI=1S/C18H16N2O2S/c1-11-10-14(12(2)16-17(11)22-18(23)20-16)19-15(21)9-8-13-6-4-3-5-7-13/h3-10H,1-2H3,(H,19,21)(H,20,23). The maximum absolute atomic E-state index is 12.1. The number of aryl methyl sites for hydroxylation is 2. The summed E-state index contributed by atoms with van der Waals surface area (Å²) < 4.78 is 5.48. The van der Waals surface area contributed by atoms with Crippen molar-refractivity contribution in [3.05, 3.63) is 64.0 Å². The van der Waals surface area contributed by atoms with E-state index in [0.717, 1.165) is 33.5 Å². The van der Waals surface area contributed by atoms with Crippen LogP contribution in [0, 0.1) is 18.7 Å². The fraction of sp³-hybridized carbons (Fsp3) is 0.111. The highest BCUT2D eigenvalue weighted by atomic mass is 32.1. The Bertz CT molecular complexity index is 952. The number of benzene rings is 2. The summed E-state index contributed by atoms with van der Waals surface area (Å²) in [5.74, 6) is -0.183. The molecular weight excluding hydrogens is 308 g/mol. The van der Waals surface area contributed by atoms with Gasteiger partial charge >= 0.3 is 0 Å². The zero-order valence-corrected chi connectivity index (χ0v) is 13.7. The number of nitrogens with one attached hydrogen (secondary N) is 2. The van der Waals surface area contributed by atoms with E-state index in [-0.39, 0.29) is 5.91 Å². The van der Waals surface area contributed by atoms with Gasteiger partial charge in [-0.05, 0) is 49.3 Å². The quantitative estimate of drug-likeness (QED) is 0.539. The summed E-state index contributed by atoms with van der Waals surface area (Å²) in [5.41, 5.74) is 5.07. The van der Waals surface area contributed by atoms with E-state index in [0.29, 0.717) is 4.84 Å². The average molecular weight is 324 g/mol. The number of fused-ring (bicyclic) bond motifs is 1. The van der Waals surface area contributed by atoms with Gasteiger partial charge in [0.2, 0.25) is 5.91 Å². The Kier molecular flexibility index (Phi) is 4.12. The van der Waals surface area contributed by atoms with Crippen LogP contribution in [0.1, 0.15) is 16.7 Å². The minimum absolute atomic E-state index is 0.183. The lowest BCUT2D eigenvalue weighted by atomic mass is 10.1. The molecular formula is C18H16N2O2S. The smallest absolute Gasteiger partial charge is 0.266 e. The average Bonchev–Trinajstić information content (AvgIpc) is 2.94. The first-order valence-electron chi connectivity index (χ1n) is 7.22. The van der Waals surface area contributed by atoms with Crippen molar-refractivity contribution in [3.8, 4) is 0 Å². The highest BCUT2D eigenvalue weighted by Crippen LogP contribution is 2.28. The number of anilines is 1. The van der Waals surface area contributed by atoms with Gasteiger partial charge in [-0.3, -0.25) is 4.79 Å². The van der Waals surface area contributed by atoms with Crippen LogP contribution in [0.3, 0.4) is 0 Å². The van der Waals surface area contributed by atoms with Crippen LogP contribution in [0.5, 0.6) is 0 Å². The van der Waals surface area contributed by atoms with E-state index in [2.05, 4.69) is 10.3 Å². The number of hydrogen-bond acceptors (Lipinski definition) is 3. The van der Waals surface area contributed by atoms with Gasteiger partial charge in [0.1, 0.15) is 0 Å². The molecule has 0 saturated heterocycles. The second kappa shape index (κ2) is 6.22. The van der Waals surface area contributed by atoms with Crippen LogP contribution < -0.4 is 5.32 Å². The van der Waals surface area contributed by atoms with Gasteiger partial charge in [-0.1, -0.05) is 30.3 Å². The van der Waals surface area contributed by atoms with Crippen LogP contribution >= 0.6 is 12.2 Å². The Balaban J connectivity index is 1.86. The topological polar surface area (TPSA) is 58.0 Å². The van der Waals surface area contributed by atoms with Crippen LogP contribution in [0.15, 0.2) is 46.9 Å². The Hall–Kier alpha value is -2.66. The van der Waals surface area contributed by atoms with Crippen molar-refractivity contribution in [2.75, 3.05) is 5.32 Å². The number of rotatable bonds is 3. The molecule has 4 nitrogen and oxygen atoms in total. The summed E-state index contributed by atoms with van der Waals surface area (Å²) in [4.78, 5) is 15.5. The molecule has 1 amide bonds. The summed E-state index contributed by atoms with van der Waals surface area (Å²) >= 11 is 5.04. The zero-order valence-electron chi connectivity index (χ0n) is 12.8. The van der Waals surface area contributed by atoms with E-state index in [1.54, 1.807) is 6.08 Å². The molecule has 2 N–H and O–H groups in total. The van der Waals surface area contributed by atoms with Crippen molar-refractivity contribution in [2.24, 2.45) is 0 Å². The molecule has 3 aromatic rings. The number of carbonyl (C=O) groups excluding carboxylic acids is 1. The maximum Gasteiger partial charge on any atom is 0.266 e. The van der Waals surface area contributed by atoms with Gasteiger partial charge in [0.05, 0.1) is 5.52 Å². The summed E-state index contributed by atoms with van der Waals surface area (Å²) in [5, 5.41) is 2.90. The molecule has 116 valence electrons. The number of hydrogen-bond donors (Lipinski definition) is 2. The summed E-state index contributed by atoms with van der Waals surface area (Å²) in [6.07, 6.45) is 3.30. The van der Waals surface area contributed by atoms with Crippen LogP contribution in [0.4, 0.5) is 5.69 Å². The lowest BCUT2D eigenvalue weighted by Crippen LogP contribution is -2.09. The molecule has 0 spiro atoms. The zero-order chi connectivity index (χ0) is 16.4. The number of amides is 1. The predicted octanol–water partition coefficient (Wildman–Crippen LogP) is 4.76. The van der Waals surface area contributed by atoms with E-state index in [1.165, 1.54) is 6.08 Å². The minimum Gasteiger partial charge on any atom is -0.429 e. The Labute approximate surface area is 138 Å². The Morgan fingerprint density at radius 1 is 1.26 bits per heavy atom. The summed E-state index contributed by atoms with van der Waals surface area (Å²) in [6, 6.07) is 11.6. The van der Waals surface area contributed by atoms with E-state index in [9.17, 15) is 4.79 Å². The number of aromatic amines is 1. The molecule has 1 heterocycles. The van der Waals surface area contributed by atoms with Crippen LogP contribution in [0.2, 0.25) is 0 Å². The number of aromatic nitrogens is 1. The van der Waals surface area contributed by atoms with Gasteiger partial charge < -0.3 is 14.7 Å². The first-order valence-corrected chi connectivity index (χ1v) is 7.62. The van der Waals surface area contributed by atoms with Crippen molar-refractivity contribution in [2.45, 2.75) is 13.8 Å². The fourth-order valence-electron chi connectivity index (χ4n) is 2.44. The maximum atomic E-state index is 12.1. The predicted molar refractivity (Wildman–Crippen MR) is 95.0 cm³/mol. The molecule has 3 rings (SSSR count). The lowest BCUT2D eigenvalue weighted by Gasteiger charge is -2.08. The summed E-state index contributed by atoms with van der Waals surface area (Å²) in [6.45, 7) is 3.84. The van der Waals surface area contributed by atoms with E-state index in [4.69, 9.17) is 16.6 Å². The molecule has 0 unspecified atom stereocenters. The molecule has 0 bridgehead atoms. The highest BCUT2D eigenvalue weighted by molar-refractivity contribution is 7.71. The van der Waals surface area contributed by atoms with E-state index in [1.807, 2.05) is 50.2 Å². The van der Waals surface area contributed by atoms with Gasteiger partial charge in [0.15, 0.2) is 5.58 Å². The van der Waals surface area contributed by atoms with E-state index < -0.39 is 0 Å². The largest absolute Gasteiger partial charge is 0.429 e. The van der Waals surface area contributed by atoms with Gasteiger partial charge in [-0.2, -0.15) is 0 Å². The van der Waals surface area contributed by atoms with Gasteiger partial charge in [-0.15, -0.1) is 0 Å². The summed E-state index contributed by atoms with van der Waals surface area (Å²) in [7, 11) is 0. The molecule has 23 heavy (non-hydrogen) atoms. The van der Waals surface area contributed by atoms with Crippen LogP contribution in [-0.2, 0) is 4.79 Å². The second-order valence-corrected chi connectivity index (χ2v) is 5.69. The monoisotopic (exact) mass is 324 g/mol. The third kappa shape index (κ3) is 3.24. The third-order valence-corrected chi connectivity index (χ3v) is 3.82. The molecule has 0 aliphatic heterocycles. The van der Waals surface area contributed by atoms with Crippen molar-refractivity contribution < 1.29 is 9.21 Å². The molecule has 0 aliphatic carbocycles. The molecule has 1 aromatic heterocycles. The molecule has 2 aromatic carbocycles. The first-order chi connectivity index (χ1) is 11.0. The molecule has 0 saturated carbocycles. The van der Waals surface area contributed by atoms with E-state index >= 15 is 0 Å². The number of oxazole rings is 1. The Morgan fingerprint density at radius 2 is 2.00 bits per heavy atom. The number of carbonyl (C=O) groups is 1. The third-order valence-electron chi connectivity index (χ3n) is 3.63. The lowest BCUT2D eigenvalue weighted by molar-refractivity contribution is -0.111. The second-order valence-electron chi connectivity index (χ2n) is 5.32. The molecule has 0 atom stereocenters. The van der Waals surface area contributed by atoms with Crippen LogP contribution in [0.25, 0.3) is 17.2 Å². The molecule has 5 heteroatoms. The van der Waals surface area contributed by atoms with Crippen molar-refractivity contribution in [3.63, 3.8) is 0 Å². The van der Waals surface area contributed by atoms with Crippen molar-refractivity contribution in [1.82, 2.24) is 4.98 Å². The first kappa shape index (κ1) is 15.2.